The Morgan fingerprint density at radius 1 is 1.22 bits per heavy atom. The summed E-state index contributed by atoms with van der Waals surface area (Å²) in [4.78, 5) is 39.9. The second-order valence-electron chi connectivity index (χ2n) is 7.80. The molecule has 146 valence electrons. The number of benzene rings is 1. The van der Waals surface area contributed by atoms with Gasteiger partial charge in [0, 0.05) is 50.0 Å². The highest BCUT2D eigenvalue weighted by Crippen LogP contribution is 2.41. The first-order valence-corrected chi connectivity index (χ1v) is 9.74. The second-order valence-corrected chi connectivity index (χ2v) is 8.24. The van der Waals surface area contributed by atoms with Crippen LogP contribution in [-0.4, -0.2) is 53.2 Å². The van der Waals surface area contributed by atoms with E-state index in [2.05, 4.69) is 5.32 Å². The summed E-state index contributed by atoms with van der Waals surface area (Å²) in [7, 11) is 0. The Kier molecular flexibility index (Phi) is 5.75. The van der Waals surface area contributed by atoms with Crippen molar-refractivity contribution in [3.63, 3.8) is 0 Å². The van der Waals surface area contributed by atoms with Crippen LogP contribution >= 0.6 is 11.6 Å². The Hall–Kier alpha value is -2.08. The minimum Gasteiger partial charge on any atom is -0.345 e. The van der Waals surface area contributed by atoms with Crippen LogP contribution in [0.15, 0.2) is 24.3 Å². The SMILES string of the molecule is CC(=O)N[C@@H](C)C(=O)N1CCC2(CC1)CC(=O)N(Cc1ccc(Cl)cc1)C2. The van der Waals surface area contributed by atoms with Gasteiger partial charge in [0.1, 0.15) is 6.04 Å². The molecule has 2 saturated heterocycles. The number of nitrogens with zero attached hydrogens (tertiary/aromatic N) is 2. The van der Waals surface area contributed by atoms with E-state index < -0.39 is 6.04 Å². The molecular weight excluding hydrogens is 366 g/mol. The Labute approximate surface area is 164 Å². The van der Waals surface area contributed by atoms with Gasteiger partial charge in [0.15, 0.2) is 0 Å². The molecule has 2 aliphatic rings. The maximum Gasteiger partial charge on any atom is 0.244 e. The Morgan fingerprint density at radius 3 is 2.44 bits per heavy atom. The van der Waals surface area contributed by atoms with E-state index >= 15 is 0 Å². The number of rotatable bonds is 4. The normalized spacial score (nSPS) is 20.0. The predicted octanol–water partition coefficient (Wildman–Crippen LogP) is 2.21. The van der Waals surface area contributed by atoms with Crippen molar-refractivity contribution in [3.8, 4) is 0 Å². The summed E-state index contributed by atoms with van der Waals surface area (Å²) < 4.78 is 0. The fraction of sp³-hybridized carbons (Fsp3) is 0.550. The fourth-order valence-corrected chi connectivity index (χ4v) is 4.24. The van der Waals surface area contributed by atoms with Crippen molar-refractivity contribution in [1.29, 1.82) is 0 Å². The van der Waals surface area contributed by atoms with Crippen LogP contribution in [0.3, 0.4) is 0 Å². The number of piperidine rings is 1. The highest BCUT2D eigenvalue weighted by molar-refractivity contribution is 6.30. The second kappa shape index (κ2) is 7.89. The smallest absolute Gasteiger partial charge is 0.244 e. The Bertz CT molecular complexity index is 726. The van der Waals surface area contributed by atoms with Crippen LogP contribution in [0.4, 0.5) is 0 Å². The van der Waals surface area contributed by atoms with Crippen molar-refractivity contribution >= 4 is 29.3 Å². The molecule has 7 heteroatoms. The molecule has 3 amide bonds. The molecule has 1 aromatic carbocycles. The first-order chi connectivity index (χ1) is 12.8. The summed E-state index contributed by atoms with van der Waals surface area (Å²) in [6.07, 6.45) is 2.17. The molecule has 2 fully saturated rings. The predicted molar refractivity (Wildman–Crippen MR) is 103 cm³/mol. The first-order valence-electron chi connectivity index (χ1n) is 9.36. The third kappa shape index (κ3) is 4.61. The summed E-state index contributed by atoms with van der Waals surface area (Å²) in [6, 6.07) is 7.07. The minimum absolute atomic E-state index is 0.0441. The third-order valence-electron chi connectivity index (χ3n) is 5.62. The third-order valence-corrected chi connectivity index (χ3v) is 5.87. The molecule has 6 nitrogen and oxygen atoms in total. The Balaban J connectivity index is 1.56. The number of hydrogen-bond donors (Lipinski definition) is 1. The molecule has 0 unspecified atom stereocenters. The van der Waals surface area contributed by atoms with Gasteiger partial charge in [0.2, 0.25) is 17.7 Å². The number of carbonyl (C=O) groups excluding carboxylic acids is 3. The standard InChI is InChI=1S/C20H26ClN3O3/c1-14(22-15(2)25)19(27)23-9-7-20(8-10-23)11-18(26)24(13-20)12-16-3-5-17(21)6-4-16/h3-6,14H,7-13H2,1-2H3,(H,22,25)/t14-/m0/s1. The Morgan fingerprint density at radius 2 is 1.85 bits per heavy atom. The summed E-state index contributed by atoms with van der Waals surface area (Å²) >= 11 is 5.93. The van der Waals surface area contributed by atoms with Crippen molar-refractivity contribution in [2.24, 2.45) is 5.41 Å². The van der Waals surface area contributed by atoms with Crippen LogP contribution in [0.25, 0.3) is 0 Å². The topological polar surface area (TPSA) is 69.7 Å². The highest BCUT2D eigenvalue weighted by Gasteiger charge is 2.45. The van der Waals surface area contributed by atoms with Gasteiger partial charge in [0.25, 0.3) is 0 Å². The molecule has 0 radical (unpaired) electrons. The molecule has 1 atom stereocenters. The first kappa shape index (κ1) is 19.7. The summed E-state index contributed by atoms with van der Waals surface area (Å²) in [5, 5.41) is 3.33. The lowest BCUT2D eigenvalue weighted by Crippen LogP contribution is -2.51. The van der Waals surface area contributed by atoms with E-state index in [9.17, 15) is 14.4 Å². The van der Waals surface area contributed by atoms with Crippen LogP contribution in [-0.2, 0) is 20.9 Å². The molecule has 27 heavy (non-hydrogen) atoms. The van der Waals surface area contributed by atoms with E-state index in [-0.39, 0.29) is 23.1 Å². The number of carbonyl (C=O) groups is 3. The van der Waals surface area contributed by atoms with E-state index in [0.29, 0.717) is 31.1 Å². The quantitative estimate of drug-likeness (QED) is 0.855. The van der Waals surface area contributed by atoms with Gasteiger partial charge in [-0.15, -0.1) is 0 Å². The highest BCUT2D eigenvalue weighted by atomic mass is 35.5. The van der Waals surface area contributed by atoms with Crippen LogP contribution in [0, 0.1) is 5.41 Å². The molecule has 0 bridgehead atoms. The number of likely N-dealkylation sites (tertiary alicyclic amines) is 2. The van der Waals surface area contributed by atoms with E-state index in [0.717, 1.165) is 24.9 Å². The summed E-state index contributed by atoms with van der Waals surface area (Å²) in [5.41, 5.74) is 1.03. The maximum atomic E-state index is 12.5. The molecule has 3 rings (SSSR count). The number of nitrogens with one attached hydrogen (secondary N) is 1. The van der Waals surface area contributed by atoms with E-state index in [4.69, 9.17) is 11.6 Å². The molecule has 0 aromatic heterocycles. The molecular formula is C20H26ClN3O3. The zero-order valence-corrected chi connectivity index (χ0v) is 16.6. The van der Waals surface area contributed by atoms with E-state index in [1.807, 2.05) is 29.2 Å². The van der Waals surface area contributed by atoms with Crippen molar-refractivity contribution in [1.82, 2.24) is 15.1 Å². The van der Waals surface area contributed by atoms with Gasteiger partial charge in [-0.05, 0) is 37.5 Å². The number of halogens is 1. The maximum absolute atomic E-state index is 12.5. The molecule has 1 N–H and O–H groups in total. The zero-order valence-electron chi connectivity index (χ0n) is 15.8. The molecule has 2 heterocycles. The van der Waals surface area contributed by atoms with Gasteiger partial charge in [0.05, 0.1) is 0 Å². The van der Waals surface area contributed by atoms with Crippen molar-refractivity contribution in [2.75, 3.05) is 19.6 Å². The molecule has 1 spiro atoms. The lowest BCUT2D eigenvalue weighted by Gasteiger charge is -2.39. The van der Waals surface area contributed by atoms with Gasteiger partial charge in [-0.25, -0.2) is 0 Å². The monoisotopic (exact) mass is 391 g/mol. The summed E-state index contributed by atoms with van der Waals surface area (Å²) in [5.74, 6) is -0.0812. The van der Waals surface area contributed by atoms with Crippen LogP contribution in [0.2, 0.25) is 5.02 Å². The van der Waals surface area contributed by atoms with E-state index in [1.165, 1.54) is 6.92 Å². The van der Waals surface area contributed by atoms with E-state index in [1.54, 1.807) is 11.8 Å². The average Bonchev–Trinajstić information content (AvgIpc) is 2.91. The molecule has 2 aliphatic heterocycles. The minimum atomic E-state index is -0.511. The lowest BCUT2D eigenvalue weighted by molar-refractivity contribution is -0.137. The lowest BCUT2D eigenvalue weighted by atomic mass is 9.77. The summed E-state index contributed by atoms with van der Waals surface area (Å²) in [6.45, 7) is 5.71. The van der Waals surface area contributed by atoms with Crippen LogP contribution in [0.5, 0.6) is 0 Å². The van der Waals surface area contributed by atoms with Gasteiger partial charge in [-0.1, -0.05) is 23.7 Å². The molecule has 0 saturated carbocycles. The van der Waals surface area contributed by atoms with Gasteiger partial charge in [-0.2, -0.15) is 0 Å². The van der Waals surface area contributed by atoms with Crippen molar-refractivity contribution < 1.29 is 14.4 Å². The molecule has 1 aromatic rings. The van der Waals surface area contributed by atoms with Gasteiger partial charge in [-0.3, -0.25) is 14.4 Å². The van der Waals surface area contributed by atoms with Crippen LogP contribution < -0.4 is 5.32 Å². The van der Waals surface area contributed by atoms with Crippen molar-refractivity contribution in [2.45, 2.75) is 45.7 Å². The average molecular weight is 392 g/mol. The van der Waals surface area contributed by atoms with Crippen LogP contribution in [0.1, 0.15) is 38.7 Å². The number of hydrogen-bond acceptors (Lipinski definition) is 3. The van der Waals surface area contributed by atoms with Crippen molar-refractivity contribution in [3.05, 3.63) is 34.9 Å². The zero-order chi connectivity index (χ0) is 19.6. The fourth-order valence-electron chi connectivity index (χ4n) is 4.11. The van der Waals surface area contributed by atoms with Gasteiger partial charge >= 0.3 is 0 Å². The number of amides is 3. The van der Waals surface area contributed by atoms with Gasteiger partial charge < -0.3 is 15.1 Å². The largest absolute Gasteiger partial charge is 0.345 e. The molecule has 0 aliphatic carbocycles.